The summed E-state index contributed by atoms with van der Waals surface area (Å²) in [5.41, 5.74) is 0.900. The van der Waals surface area contributed by atoms with Crippen LogP contribution in [0.25, 0.3) is 0 Å². The number of carbonyl (C=O) groups is 1. The summed E-state index contributed by atoms with van der Waals surface area (Å²) in [5, 5.41) is 9.24. The van der Waals surface area contributed by atoms with Crippen LogP contribution in [0.1, 0.15) is 15.9 Å². The Morgan fingerprint density at radius 2 is 2.04 bits per heavy atom. The van der Waals surface area contributed by atoms with E-state index >= 15 is 0 Å². The lowest BCUT2D eigenvalue weighted by Crippen LogP contribution is -2.54. The lowest BCUT2D eigenvalue weighted by Gasteiger charge is -2.40. The normalized spacial score (nSPS) is 14.5. The van der Waals surface area contributed by atoms with Gasteiger partial charge in [-0.3, -0.25) is 0 Å². The van der Waals surface area contributed by atoms with Gasteiger partial charge in [0.25, 0.3) is 0 Å². The number of pyridine rings is 1. The van der Waals surface area contributed by atoms with Crippen molar-refractivity contribution in [2.45, 2.75) is 13.0 Å². The Hall–Kier alpha value is -2.70. The van der Waals surface area contributed by atoms with Crippen molar-refractivity contribution in [3.05, 3.63) is 53.2 Å². The van der Waals surface area contributed by atoms with Gasteiger partial charge < -0.3 is 14.7 Å². The fourth-order valence-electron chi connectivity index (χ4n) is 2.40. The van der Waals surface area contributed by atoms with Crippen molar-refractivity contribution in [2.24, 2.45) is 0 Å². The quantitative estimate of drug-likeness (QED) is 0.938. The zero-order valence-electron chi connectivity index (χ0n) is 12.3. The van der Waals surface area contributed by atoms with Crippen LogP contribution in [0.2, 0.25) is 0 Å². The lowest BCUT2D eigenvalue weighted by molar-refractivity contribution is 0.0695. The topological polar surface area (TPSA) is 62.7 Å². The maximum atomic E-state index is 13.1. The molecule has 120 valence electrons. The molecule has 0 amide bonds. The van der Waals surface area contributed by atoms with Crippen LogP contribution in [0.5, 0.6) is 5.75 Å². The van der Waals surface area contributed by atoms with Crippen molar-refractivity contribution in [3.63, 3.8) is 0 Å². The van der Waals surface area contributed by atoms with E-state index in [1.54, 1.807) is 24.1 Å². The number of aryl methyl sites for hydroxylation is 1. The lowest BCUT2D eigenvalue weighted by atomic mass is 10.1. The van der Waals surface area contributed by atoms with E-state index in [4.69, 9.17) is 4.74 Å². The molecule has 0 unspecified atom stereocenters. The first-order valence-corrected chi connectivity index (χ1v) is 7.00. The highest BCUT2D eigenvalue weighted by atomic mass is 19.2. The first-order chi connectivity index (χ1) is 10.9. The number of hydrogen-bond donors (Lipinski definition) is 1. The molecule has 0 spiro atoms. The maximum absolute atomic E-state index is 13.1. The number of nitrogens with zero attached hydrogens (tertiary/aromatic N) is 2. The van der Waals surface area contributed by atoms with E-state index in [1.165, 1.54) is 6.07 Å². The van der Waals surface area contributed by atoms with Gasteiger partial charge in [-0.1, -0.05) is 0 Å². The van der Waals surface area contributed by atoms with Gasteiger partial charge in [-0.25, -0.2) is 18.6 Å². The SMILES string of the molecule is Cc1cnc(N2CC(Oc3ccc(F)c(F)c3)C2)c(C(=O)O)c1. The number of carboxylic acids is 1. The number of halogens is 2. The van der Waals surface area contributed by atoms with E-state index < -0.39 is 17.6 Å². The summed E-state index contributed by atoms with van der Waals surface area (Å²) in [5.74, 6) is -2.31. The molecule has 0 saturated carbocycles. The van der Waals surface area contributed by atoms with E-state index in [-0.39, 0.29) is 17.4 Å². The average molecular weight is 320 g/mol. The average Bonchev–Trinajstić information content (AvgIpc) is 2.46. The second-order valence-electron chi connectivity index (χ2n) is 5.41. The van der Waals surface area contributed by atoms with Gasteiger partial charge >= 0.3 is 5.97 Å². The van der Waals surface area contributed by atoms with Gasteiger partial charge in [0.05, 0.1) is 13.1 Å². The van der Waals surface area contributed by atoms with Gasteiger partial charge in [-0.15, -0.1) is 0 Å². The molecule has 2 heterocycles. The molecular weight excluding hydrogens is 306 g/mol. The summed E-state index contributed by atoms with van der Waals surface area (Å²) in [7, 11) is 0. The number of carboxylic acid groups (broad SMARTS) is 1. The number of anilines is 1. The van der Waals surface area contributed by atoms with Crippen LogP contribution in [0.4, 0.5) is 14.6 Å². The summed E-state index contributed by atoms with van der Waals surface area (Å²) in [6.07, 6.45) is 1.37. The molecule has 7 heteroatoms. The maximum Gasteiger partial charge on any atom is 0.339 e. The first-order valence-electron chi connectivity index (χ1n) is 7.00. The third kappa shape index (κ3) is 3.08. The number of aromatic carboxylic acids is 1. The first kappa shape index (κ1) is 15.2. The van der Waals surface area contributed by atoms with Crippen molar-refractivity contribution in [2.75, 3.05) is 18.0 Å². The summed E-state index contributed by atoms with van der Waals surface area (Å²) in [6.45, 7) is 2.62. The fourth-order valence-corrected chi connectivity index (χ4v) is 2.40. The Bertz CT molecular complexity index is 761. The van der Waals surface area contributed by atoms with Crippen LogP contribution in [0.15, 0.2) is 30.5 Å². The molecule has 0 bridgehead atoms. The summed E-state index contributed by atoms with van der Waals surface area (Å²) >= 11 is 0. The predicted molar refractivity (Wildman–Crippen MR) is 78.9 cm³/mol. The Labute approximate surface area is 131 Å². The zero-order chi connectivity index (χ0) is 16.6. The number of aromatic nitrogens is 1. The van der Waals surface area contributed by atoms with Gasteiger partial charge in [0.15, 0.2) is 11.6 Å². The van der Waals surface area contributed by atoms with Crippen molar-refractivity contribution >= 4 is 11.8 Å². The predicted octanol–water partition coefficient (Wildman–Crippen LogP) is 2.63. The molecule has 1 aliphatic heterocycles. The second-order valence-corrected chi connectivity index (χ2v) is 5.41. The Morgan fingerprint density at radius 1 is 1.30 bits per heavy atom. The smallest absolute Gasteiger partial charge is 0.339 e. The van der Waals surface area contributed by atoms with Crippen molar-refractivity contribution in [3.8, 4) is 5.75 Å². The molecule has 2 aromatic rings. The molecule has 1 aromatic heterocycles. The standard InChI is InChI=1S/C16H14F2N2O3/c1-9-4-12(16(21)22)15(19-6-9)20-7-11(8-20)23-10-2-3-13(17)14(18)5-10/h2-6,11H,7-8H2,1H3,(H,21,22). The second kappa shape index (κ2) is 5.83. The molecule has 5 nitrogen and oxygen atoms in total. The summed E-state index contributed by atoms with van der Waals surface area (Å²) in [4.78, 5) is 17.2. The molecule has 0 aliphatic carbocycles. The molecular formula is C16H14F2N2O3. The van der Waals surface area contributed by atoms with Crippen LogP contribution in [0, 0.1) is 18.6 Å². The minimum atomic E-state index is -1.04. The van der Waals surface area contributed by atoms with Gasteiger partial charge in [-0.2, -0.15) is 0 Å². The number of hydrogen-bond acceptors (Lipinski definition) is 4. The largest absolute Gasteiger partial charge is 0.487 e. The van der Waals surface area contributed by atoms with Crippen LogP contribution in [-0.2, 0) is 0 Å². The zero-order valence-corrected chi connectivity index (χ0v) is 12.3. The molecule has 1 fully saturated rings. The Morgan fingerprint density at radius 3 is 2.70 bits per heavy atom. The minimum Gasteiger partial charge on any atom is -0.487 e. The van der Waals surface area contributed by atoms with Crippen LogP contribution < -0.4 is 9.64 Å². The molecule has 0 radical (unpaired) electrons. The number of rotatable bonds is 4. The van der Waals surface area contributed by atoms with E-state index in [9.17, 15) is 18.7 Å². The van der Waals surface area contributed by atoms with Crippen molar-refractivity contribution in [1.29, 1.82) is 0 Å². The van der Waals surface area contributed by atoms with E-state index in [2.05, 4.69) is 4.98 Å². The number of ether oxygens (including phenoxy) is 1. The van der Waals surface area contributed by atoms with E-state index in [0.717, 1.165) is 17.7 Å². The highest BCUT2D eigenvalue weighted by Gasteiger charge is 2.32. The summed E-state index contributed by atoms with van der Waals surface area (Å²) in [6, 6.07) is 4.91. The van der Waals surface area contributed by atoms with Crippen molar-refractivity contribution < 1.29 is 23.4 Å². The summed E-state index contributed by atoms with van der Waals surface area (Å²) < 4.78 is 31.5. The highest BCUT2D eigenvalue weighted by Crippen LogP contribution is 2.26. The van der Waals surface area contributed by atoms with Crippen molar-refractivity contribution in [1.82, 2.24) is 4.98 Å². The number of benzene rings is 1. The van der Waals surface area contributed by atoms with Gasteiger partial charge in [-0.05, 0) is 30.7 Å². The van der Waals surface area contributed by atoms with Crippen LogP contribution >= 0.6 is 0 Å². The van der Waals surface area contributed by atoms with E-state index in [1.807, 2.05) is 0 Å². The fraction of sp³-hybridized carbons (Fsp3) is 0.250. The molecule has 0 atom stereocenters. The molecule has 23 heavy (non-hydrogen) atoms. The Balaban J connectivity index is 1.67. The Kier molecular flexibility index (Phi) is 3.85. The van der Waals surface area contributed by atoms with E-state index in [0.29, 0.717) is 18.9 Å². The molecule has 1 N–H and O–H groups in total. The molecule has 3 rings (SSSR count). The molecule has 1 saturated heterocycles. The van der Waals surface area contributed by atoms with Gasteiger partial charge in [0, 0.05) is 12.3 Å². The monoisotopic (exact) mass is 320 g/mol. The minimum absolute atomic E-state index is 0.135. The molecule has 1 aliphatic rings. The van der Waals surface area contributed by atoms with Crippen LogP contribution in [0.3, 0.4) is 0 Å². The third-order valence-electron chi connectivity index (χ3n) is 3.58. The third-order valence-corrected chi connectivity index (χ3v) is 3.58. The highest BCUT2D eigenvalue weighted by molar-refractivity contribution is 5.93. The molecule has 1 aromatic carbocycles. The van der Waals surface area contributed by atoms with Gasteiger partial charge in [0.2, 0.25) is 0 Å². The van der Waals surface area contributed by atoms with Crippen LogP contribution in [-0.4, -0.2) is 35.3 Å². The van der Waals surface area contributed by atoms with Gasteiger partial charge in [0.1, 0.15) is 23.2 Å².